The summed E-state index contributed by atoms with van der Waals surface area (Å²) in [4.78, 5) is 0. The van der Waals surface area contributed by atoms with Crippen molar-refractivity contribution in [1.82, 2.24) is 0 Å². The summed E-state index contributed by atoms with van der Waals surface area (Å²) in [6.45, 7) is 9.16. The van der Waals surface area contributed by atoms with Crippen LogP contribution in [0, 0.1) is 0 Å². The second kappa shape index (κ2) is 7.77. The van der Waals surface area contributed by atoms with Crippen LogP contribution >= 0.6 is 0 Å². The van der Waals surface area contributed by atoms with E-state index < -0.39 is 0 Å². The summed E-state index contributed by atoms with van der Waals surface area (Å²) in [5.74, 6) is 0. The standard InChI is InChI=1S/C23H32N2/c1-22(2,18-12-7-9-14-20(18)24-5)16-11-17-23(3,4)19-13-8-10-15-21(19)25-6/h7-16,24-25H,17H2,1-6H3. The molecule has 0 aliphatic heterocycles. The van der Waals surface area contributed by atoms with E-state index in [1.807, 2.05) is 14.1 Å². The van der Waals surface area contributed by atoms with E-state index in [0.29, 0.717) is 0 Å². The number of hydrogen-bond acceptors (Lipinski definition) is 2. The Morgan fingerprint density at radius 3 is 1.80 bits per heavy atom. The maximum absolute atomic E-state index is 3.32. The van der Waals surface area contributed by atoms with Crippen LogP contribution in [-0.2, 0) is 10.8 Å². The first-order valence-electron chi connectivity index (χ1n) is 9.04. The quantitative estimate of drug-likeness (QED) is 0.608. The van der Waals surface area contributed by atoms with Gasteiger partial charge in [0.25, 0.3) is 0 Å². The fourth-order valence-corrected chi connectivity index (χ4v) is 3.40. The van der Waals surface area contributed by atoms with Crippen molar-refractivity contribution in [3.8, 4) is 0 Å². The average Bonchev–Trinajstić information content (AvgIpc) is 2.61. The van der Waals surface area contributed by atoms with E-state index in [2.05, 4.69) is 99.0 Å². The maximum Gasteiger partial charge on any atom is 0.0378 e. The Morgan fingerprint density at radius 1 is 0.760 bits per heavy atom. The fourth-order valence-electron chi connectivity index (χ4n) is 3.40. The lowest BCUT2D eigenvalue weighted by Crippen LogP contribution is -2.19. The Kier molecular flexibility index (Phi) is 5.94. The number of anilines is 2. The van der Waals surface area contributed by atoms with Gasteiger partial charge in [0.2, 0.25) is 0 Å². The van der Waals surface area contributed by atoms with Crippen molar-refractivity contribution in [2.45, 2.75) is 44.9 Å². The van der Waals surface area contributed by atoms with E-state index in [4.69, 9.17) is 0 Å². The molecule has 25 heavy (non-hydrogen) atoms. The zero-order valence-corrected chi connectivity index (χ0v) is 16.5. The van der Waals surface area contributed by atoms with Crippen LogP contribution in [0.1, 0.15) is 45.2 Å². The molecule has 2 nitrogen and oxygen atoms in total. The van der Waals surface area contributed by atoms with Gasteiger partial charge in [-0.25, -0.2) is 0 Å². The molecule has 0 atom stereocenters. The molecule has 0 aliphatic rings. The van der Waals surface area contributed by atoms with Crippen molar-refractivity contribution in [3.05, 3.63) is 71.8 Å². The Hall–Kier alpha value is -2.22. The molecule has 0 fully saturated rings. The fraction of sp³-hybridized carbons (Fsp3) is 0.391. The number of para-hydroxylation sites is 2. The first-order chi connectivity index (χ1) is 11.8. The van der Waals surface area contributed by atoms with Crippen molar-refractivity contribution < 1.29 is 0 Å². The number of allylic oxidation sites excluding steroid dienone is 2. The van der Waals surface area contributed by atoms with E-state index in [1.165, 1.54) is 22.5 Å². The molecule has 2 N–H and O–H groups in total. The second-order valence-corrected chi connectivity index (χ2v) is 7.80. The summed E-state index contributed by atoms with van der Waals surface area (Å²) in [6, 6.07) is 17.1. The SMILES string of the molecule is CNc1ccccc1C(C)(C)C=CCC(C)(C)c1ccccc1NC. The maximum atomic E-state index is 3.32. The van der Waals surface area contributed by atoms with Gasteiger partial charge in [-0.15, -0.1) is 0 Å². The highest BCUT2D eigenvalue weighted by Gasteiger charge is 2.24. The van der Waals surface area contributed by atoms with Gasteiger partial charge in [0.1, 0.15) is 0 Å². The van der Waals surface area contributed by atoms with Crippen molar-refractivity contribution >= 4 is 11.4 Å². The highest BCUT2D eigenvalue weighted by molar-refractivity contribution is 5.56. The van der Waals surface area contributed by atoms with Gasteiger partial charge < -0.3 is 10.6 Å². The van der Waals surface area contributed by atoms with Crippen molar-refractivity contribution in [2.24, 2.45) is 0 Å². The monoisotopic (exact) mass is 336 g/mol. The number of rotatable bonds is 7. The van der Waals surface area contributed by atoms with Crippen molar-refractivity contribution in [1.29, 1.82) is 0 Å². The van der Waals surface area contributed by atoms with E-state index in [1.54, 1.807) is 0 Å². The normalized spacial score (nSPS) is 12.4. The highest BCUT2D eigenvalue weighted by atomic mass is 14.8. The van der Waals surface area contributed by atoms with E-state index >= 15 is 0 Å². The Labute approximate surface area is 153 Å². The van der Waals surface area contributed by atoms with Gasteiger partial charge in [0.05, 0.1) is 0 Å². The molecule has 2 aromatic carbocycles. The summed E-state index contributed by atoms with van der Waals surface area (Å²) >= 11 is 0. The van der Waals surface area contributed by atoms with Crippen LogP contribution in [-0.4, -0.2) is 14.1 Å². The van der Waals surface area contributed by atoms with Crippen LogP contribution in [0.5, 0.6) is 0 Å². The summed E-state index contributed by atoms with van der Waals surface area (Å²) in [7, 11) is 3.97. The second-order valence-electron chi connectivity index (χ2n) is 7.80. The summed E-state index contributed by atoms with van der Waals surface area (Å²) in [5.41, 5.74) is 5.14. The molecular weight excluding hydrogens is 304 g/mol. The van der Waals surface area contributed by atoms with Crippen LogP contribution in [0.15, 0.2) is 60.7 Å². The largest absolute Gasteiger partial charge is 0.388 e. The van der Waals surface area contributed by atoms with Gasteiger partial charge >= 0.3 is 0 Å². The van der Waals surface area contributed by atoms with Crippen LogP contribution in [0.3, 0.4) is 0 Å². The van der Waals surface area contributed by atoms with Gasteiger partial charge in [-0.1, -0.05) is 76.2 Å². The third-order valence-corrected chi connectivity index (χ3v) is 4.98. The molecule has 0 radical (unpaired) electrons. The molecule has 0 spiro atoms. The lowest BCUT2D eigenvalue weighted by molar-refractivity contribution is 0.531. The molecule has 0 heterocycles. The predicted molar refractivity (Wildman–Crippen MR) is 112 cm³/mol. The predicted octanol–water partition coefficient (Wildman–Crippen LogP) is 5.97. The minimum Gasteiger partial charge on any atom is -0.388 e. The van der Waals surface area contributed by atoms with Crippen LogP contribution in [0.2, 0.25) is 0 Å². The molecule has 0 saturated carbocycles. The van der Waals surface area contributed by atoms with Crippen LogP contribution < -0.4 is 10.6 Å². The number of benzene rings is 2. The molecule has 0 bridgehead atoms. The average molecular weight is 337 g/mol. The lowest BCUT2D eigenvalue weighted by Gasteiger charge is -2.28. The Balaban J connectivity index is 2.21. The first kappa shape index (κ1) is 19.1. The summed E-state index contributed by atoms with van der Waals surface area (Å²) < 4.78 is 0. The Morgan fingerprint density at radius 2 is 1.24 bits per heavy atom. The zero-order chi connectivity index (χ0) is 18.5. The molecule has 134 valence electrons. The van der Waals surface area contributed by atoms with Gasteiger partial charge in [-0.2, -0.15) is 0 Å². The molecule has 2 rings (SSSR count). The third-order valence-electron chi connectivity index (χ3n) is 4.98. The summed E-state index contributed by atoms with van der Waals surface area (Å²) in [5, 5.41) is 6.62. The van der Waals surface area contributed by atoms with Gasteiger partial charge in [-0.05, 0) is 35.1 Å². The molecule has 0 unspecified atom stereocenters. The molecule has 0 saturated heterocycles. The van der Waals surface area contributed by atoms with Gasteiger partial charge in [0, 0.05) is 30.9 Å². The van der Waals surface area contributed by atoms with Crippen LogP contribution in [0.25, 0.3) is 0 Å². The first-order valence-corrected chi connectivity index (χ1v) is 9.04. The topological polar surface area (TPSA) is 24.1 Å². The minimum absolute atomic E-state index is 0.0157. The minimum atomic E-state index is -0.0157. The molecule has 0 aromatic heterocycles. The van der Waals surface area contributed by atoms with Gasteiger partial charge in [-0.3, -0.25) is 0 Å². The van der Waals surface area contributed by atoms with Crippen molar-refractivity contribution in [2.75, 3.05) is 24.7 Å². The summed E-state index contributed by atoms with van der Waals surface area (Å²) in [6.07, 6.45) is 5.67. The molecule has 2 heteroatoms. The lowest BCUT2D eigenvalue weighted by atomic mass is 9.78. The molecular formula is C23H32N2. The van der Waals surface area contributed by atoms with E-state index in [0.717, 1.165) is 6.42 Å². The van der Waals surface area contributed by atoms with E-state index in [9.17, 15) is 0 Å². The number of nitrogens with one attached hydrogen (secondary N) is 2. The van der Waals surface area contributed by atoms with Gasteiger partial charge in [0.15, 0.2) is 0 Å². The van der Waals surface area contributed by atoms with Crippen molar-refractivity contribution in [3.63, 3.8) is 0 Å². The Bertz CT molecular complexity index is 726. The molecule has 0 amide bonds. The highest BCUT2D eigenvalue weighted by Crippen LogP contribution is 2.35. The van der Waals surface area contributed by atoms with E-state index in [-0.39, 0.29) is 10.8 Å². The molecule has 2 aromatic rings. The molecule has 0 aliphatic carbocycles. The van der Waals surface area contributed by atoms with Crippen LogP contribution in [0.4, 0.5) is 11.4 Å². The third kappa shape index (κ3) is 4.45. The number of hydrogen-bond donors (Lipinski definition) is 2. The zero-order valence-electron chi connectivity index (χ0n) is 16.5. The smallest absolute Gasteiger partial charge is 0.0378 e.